The second-order valence-electron chi connectivity index (χ2n) is 19.6. The summed E-state index contributed by atoms with van der Waals surface area (Å²) in [7, 11) is 0. The van der Waals surface area contributed by atoms with E-state index in [-0.39, 0.29) is 16.2 Å². The molecule has 2 aliphatic carbocycles. The van der Waals surface area contributed by atoms with Crippen molar-refractivity contribution < 1.29 is 0 Å². The average molecular weight is 817 g/mol. The largest absolute Gasteiger partial charge is 0.310 e. The summed E-state index contributed by atoms with van der Waals surface area (Å²) < 4.78 is 0. The molecule has 0 amide bonds. The highest BCUT2D eigenvalue weighted by atomic mass is 15.1. The predicted molar refractivity (Wildman–Crippen MR) is 270 cm³/mol. The van der Waals surface area contributed by atoms with E-state index in [9.17, 15) is 0 Å². The number of hydrogen-bond donors (Lipinski definition) is 0. The minimum atomic E-state index is -0.169. The summed E-state index contributed by atoms with van der Waals surface area (Å²) in [4.78, 5) is 4.77. The molecule has 0 aliphatic heterocycles. The number of benzene rings is 8. The van der Waals surface area contributed by atoms with Crippen LogP contribution in [0.3, 0.4) is 0 Å². The van der Waals surface area contributed by atoms with Gasteiger partial charge in [0.1, 0.15) is 0 Å². The van der Waals surface area contributed by atoms with E-state index in [0.29, 0.717) is 0 Å². The highest BCUT2D eigenvalue weighted by Crippen LogP contribution is 2.53. The van der Waals surface area contributed by atoms with Gasteiger partial charge >= 0.3 is 0 Å². The van der Waals surface area contributed by atoms with Crippen molar-refractivity contribution in [2.75, 3.05) is 9.80 Å². The second-order valence-corrected chi connectivity index (χ2v) is 19.6. The molecule has 8 aromatic carbocycles. The van der Waals surface area contributed by atoms with Gasteiger partial charge < -0.3 is 9.80 Å². The van der Waals surface area contributed by atoms with Crippen LogP contribution in [0.2, 0.25) is 0 Å². The zero-order valence-corrected chi connectivity index (χ0v) is 37.9. The predicted octanol–water partition coefficient (Wildman–Crippen LogP) is 17.0. The van der Waals surface area contributed by atoms with Crippen LogP contribution in [0.5, 0.6) is 0 Å². The molecule has 0 atom stereocenters. The number of hydrogen-bond acceptors (Lipinski definition) is 2. The molecule has 0 unspecified atom stereocenters. The van der Waals surface area contributed by atoms with Crippen molar-refractivity contribution in [2.45, 2.75) is 71.6 Å². The Morgan fingerprint density at radius 2 is 0.730 bits per heavy atom. The van der Waals surface area contributed by atoms with Crippen LogP contribution in [0.1, 0.15) is 93.0 Å². The first-order valence-corrected chi connectivity index (χ1v) is 22.4. The van der Waals surface area contributed by atoms with Gasteiger partial charge in [-0.15, -0.1) is 0 Å². The number of rotatable bonds is 8. The van der Waals surface area contributed by atoms with Crippen molar-refractivity contribution >= 4 is 46.3 Å². The number of nitrogens with zero attached hydrogens (tertiary/aromatic N) is 2. The van der Waals surface area contributed by atoms with Gasteiger partial charge in [0.25, 0.3) is 0 Å². The van der Waals surface area contributed by atoms with Crippen molar-refractivity contribution in [3.05, 3.63) is 226 Å². The Labute approximate surface area is 374 Å². The van der Waals surface area contributed by atoms with E-state index in [1.54, 1.807) is 0 Å². The molecule has 0 fully saturated rings. The Kier molecular flexibility index (Phi) is 9.68. The van der Waals surface area contributed by atoms with Gasteiger partial charge in [-0.1, -0.05) is 170 Å². The first kappa shape index (κ1) is 40.2. The van der Waals surface area contributed by atoms with Gasteiger partial charge in [0.05, 0.1) is 0 Å². The quantitative estimate of drug-likeness (QED) is 0.141. The molecule has 63 heavy (non-hydrogen) atoms. The summed E-state index contributed by atoms with van der Waals surface area (Å²) in [6.45, 7) is 18.5. The molecule has 0 aromatic heterocycles. The zero-order chi connectivity index (χ0) is 43.7. The molecule has 0 saturated carbocycles. The molecule has 0 spiro atoms. The van der Waals surface area contributed by atoms with Gasteiger partial charge in [-0.05, 0) is 152 Å². The summed E-state index contributed by atoms with van der Waals surface area (Å²) in [5, 5.41) is 0. The van der Waals surface area contributed by atoms with E-state index in [4.69, 9.17) is 0 Å². The monoisotopic (exact) mass is 816 g/mol. The Balaban J connectivity index is 0.940. The van der Waals surface area contributed by atoms with E-state index >= 15 is 0 Å². The van der Waals surface area contributed by atoms with Crippen LogP contribution in [-0.4, -0.2) is 0 Å². The van der Waals surface area contributed by atoms with Crippen LogP contribution in [-0.2, 0) is 16.2 Å². The van der Waals surface area contributed by atoms with Gasteiger partial charge in [0.2, 0.25) is 0 Å². The molecule has 0 bridgehead atoms. The number of para-hydroxylation sites is 2. The van der Waals surface area contributed by atoms with E-state index in [0.717, 1.165) is 17.1 Å². The van der Waals surface area contributed by atoms with E-state index in [2.05, 4.69) is 259 Å². The van der Waals surface area contributed by atoms with Crippen molar-refractivity contribution in [2.24, 2.45) is 0 Å². The smallest absolute Gasteiger partial charge is 0.0465 e. The summed E-state index contributed by atoms with van der Waals surface area (Å²) in [5.41, 5.74) is 22.5. The number of fused-ring (bicyclic) bond motifs is 6. The first-order valence-electron chi connectivity index (χ1n) is 22.4. The van der Waals surface area contributed by atoms with Gasteiger partial charge in [0.15, 0.2) is 0 Å². The lowest BCUT2D eigenvalue weighted by Crippen LogP contribution is -2.17. The molecule has 0 heterocycles. The normalized spacial score (nSPS) is 14.2. The topological polar surface area (TPSA) is 6.48 Å². The highest BCUT2D eigenvalue weighted by molar-refractivity contribution is 5.89. The van der Waals surface area contributed by atoms with E-state index < -0.39 is 0 Å². The standard InChI is InChI=1S/C61H56N2/c1-41-16-15-21-48(36-41)63(47-28-26-44(27-29-47)59(2,3)4)50-31-35-54-52-33-25-43(38-56(52)61(7,8)58(54)40-50)23-22-42-24-32-51-53-34-30-49(39-57(53)60(5,6)55(51)37-42)62(45-17-11-9-12-18-45)46-19-13-10-14-20-46/h9-40H,1-8H3/b23-22+. The third-order valence-electron chi connectivity index (χ3n) is 13.6. The van der Waals surface area contributed by atoms with Gasteiger partial charge in [0, 0.05) is 45.0 Å². The van der Waals surface area contributed by atoms with Crippen molar-refractivity contribution in [1.29, 1.82) is 0 Å². The Morgan fingerprint density at radius 3 is 1.17 bits per heavy atom. The minimum absolute atomic E-state index is 0.0924. The second kappa shape index (κ2) is 15.2. The molecule has 0 radical (unpaired) electrons. The maximum Gasteiger partial charge on any atom is 0.0465 e. The SMILES string of the molecule is Cc1cccc(N(c2ccc(C(C)(C)C)cc2)c2ccc3c(c2)C(C)(C)c2cc(/C=C/c4ccc5c(c4)C(C)(C)c4cc(N(c6ccccc6)c6ccccc6)ccc4-5)ccc2-3)c1. The van der Waals surface area contributed by atoms with Gasteiger partial charge in [-0.25, -0.2) is 0 Å². The summed E-state index contributed by atoms with van der Waals surface area (Å²) >= 11 is 0. The van der Waals surface area contributed by atoms with E-state index in [1.165, 1.54) is 83.8 Å². The summed E-state index contributed by atoms with van der Waals surface area (Å²) in [6, 6.07) is 67.4. The summed E-state index contributed by atoms with van der Waals surface area (Å²) in [5.74, 6) is 0. The van der Waals surface area contributed by atoms with Crippen molar-refractivity contribution in [3.63, 3.8) is 0 Å². The Bertz CT molecular complexity index is 3000. The first-order chi connectivity index (χ1) is 30.3. The molecule has 0 N–H and O–H groups in total. The summed E-state index contributed by atoms with van der Waals surface area (Å²) in [6.07, 6.45) is 4.58. The maximum atomic E-state index is 2.43. The lowest BCUT2D eigenvalue weighted by molar-refractivity contribution is 0.590. The molecule has 10 rings (SSSR count). The van der Waals surface area contributed by atoms with Crippen LogP contribution < -0.4 is 9.80 Å². The van der Waals surface area contributed by atoms with Crippen molar-refractivity contribution in [1.82, 2.24) is 0 Å². The lowest BCUT2D eigenvalue weighted by atomic mass is 9.81. The fourth-order valence-corrected chi connectivity index (χ4v) is 10.1. The molecule has 2 aliphatic rings. The van der Waals surface area contributed by atoms with Crippen LogP contribution in [0.4, 0.5) is 34.1 Å². The fourth-order valence-electron chi connectivity index (χ4n) is 10.1. The van der Waals surface area contributed by atoms with Crippen LogP contribution in [0.15, 0.2) is 182 Å². The van der Waals surface area contributed by atoms with Crippen molar-refractivity contribution in [3.8, 4) is 22.3 Å². The molecule has 2 nitrogen and oxygen atoms in total. The number of aryl methyl sites for hydroxylation is 1. The third-order valence-corrected chi connectivity index (χ3v) is 13.6. The zero-order valence-electron chi connectivity index (χ0n) is 37.9. The highest BCUT2D eigenvalue weighted by Gasteiger charge is 2.38. The maximum absolute atomic E-state index is 2.43. The molecular weight excluding hydrogens is 761 g/mol. The number of anilines is 6. The molecule has 310 valence electrons. The lowest BCUT2D eigenvalue weighted by Gasteiger charge is -2.29. The fraction of sp³-hybridized carbons (Fsp3) is 0.180. The van der Waals surface area contributed by atoms with Crippen LogP contribution in [0, 0.1) is 6.92 Å². The van der Waals surface area contributed by atoms with Crippen LogP contribution >= 0.6 is 0 Å². The molecule has 2 heteroatoms. The average Bonchev–Trinajstić information content (AvgIpc) is 3.64. The Morgan fingerprint density at radius 1 is 0.365 bits per heavy atom. The molecule has 0 saturated heterocycles. The van der Waals surface area contributed by atoms with Gasteiger partial charge in [-0.3, -0.25) is 0 Å². The Hall–Kier alpha value is -6.90. The minimum Gasteiger partial charge on any atom is -0.310 e. The van der Waals surface area contributed by atoms with E-state index in [1.807, 2.05) is 0 Å². The molecule has 8 aromatic rings. The molecular formula is C61H56N2. The third kappa shape index (κ3) is 7.08. The van der Waals surface area contributed by atoms with Gasteiger partial charge in [-0.2, -0.15) is 0 Å². The van der Waals surface area contributed by atoms with Crippen LogP contribution in [0.25, 0.3) is 34.4 Å².